The van der Waals surface area contributed by atoms with Gasteiger partial charge in [0.15, 0.2) is 0 Å². The van der Waals surface area contributed by atoms with Gasteiger partial charge in [0.05, 0.1) is 6.10 Å². The van der Waals surface area contributed by atoms with E-state index in [-0.39, 0.29) is 6.10 Å². The fourth-order valence-corrected chi connectivity index (χ4v) is 9.90. The molecule has 174 valence electrons. The Labute approximate surface area is 188 Å². The van der Waals surface area contributed by atoms with Gasteiger partial charge in [0.25, 0.3) is 0 Å². The van der Waals surface area contributed by atoms with Crippen molar-refractivity contribution in [3.63, 3.8) is 0 Å². The van der Waals surface area contributed by atoms with E-state index in [0.29, 0.717) is 10.8 Å². The van der Waals surface area contributed by atoms with E-state index in [4.69, 9.17) is 0 Å². The third-order valence-corrected chi connectivity index (χ3v) is 11.9. The summed E-state index contributed by atoms with van der Waals surface area (Å²) in [7, 11) is 0. The SMILES string of the molecule is CC[C@H](CC[C@@H](C)[C@H]1CCC2[C@@H]3CC[C@@H]4C[C@H](O)CC[C@]4(C)C3CC[C@@]21C)C(C)C. The van der Waals surface area contributed by atoms with Crippen molar-refractivity contribution in [2.75, 3.05) is 0 Å². The molecule has 4 saturated carbocycles. The van der Waals surface area contributed by atoms with Gasteiger partial charge in [-0.25, -0.2) is 0 Å². The van der Waals surface area contributed by atoms with Crippen LogP contribution in [0.4, 0.5) is 0 Å². The molecule has 0 aliphatic heterocycles. The number of aliphatic hydroxyl groups excluding tert-OH is 1. The van der Waals surface area contributed by atoms with Crippen molar-refractivity contribution in [1.82, 2.24) is 0 Å². The first-order valence-electron chi connectivity index (χ1n) is 13.9. The molecule has 4 aliphatic rings. The number of fused-ring (bicyclic) bond motifs is 5. The maximum absolute atomic E-state index is 10.3. The molecule has 4 aliphatic carbocycles. The average molecular weight is 417 g/mol. The predicted octanol–water partition coefficient (Wildman–Crippen LogP) is 8.10. The molecule has 4 fully saturated rings. The third-order valence-electron chi connectivity index (χ3n) is 11.9. The Hall–Kier alpha value is -0.0400. The fraction of sp³-hybridized carbons (Fsp3) is 1.00. The highest BCUT2D eigenvalue weighted by atomic mass is 16.3. The largest absolute Gasteiger partial charge is 0.393 e. The van der Waals surface area contributed by atoms with Crippen LogP contribution in [-0.4, -0.2) is 11.2 Å². The van der Waals surface area contributed by atoms with Crippen LogP contribution in [0.1, 0.15) is 119 Å². The van der Waals surface area contributed by atoms with E-state index in [1.165, 1.54) is 64.2 Å². The minimum absolute atomic E-state index is 0.0111. The first kappa shape index (κ1) is 23.1. The van der Waals surface area contributed by atoms with E-state index in [1.807, 2.05) is 0 Å². The lowest BCUT2D eigenvalue weighted by molar-refractivity contribution is -0.129. The van der Waals surface area contributed by atoms with Crippen LogP contribution in [-0.2, 0) is 0 Å². The maximum Gasteiger partial charge on any atom is 0.0543 e. The van der Waals surface area contributed by atoms with Crippen LogP contribution in [0.2, 0.25) is 0 Å². The van der Waals surface area contributed by atoms with Crippen LogP contribution in [0.15, 0.2) is 0 Å². The molecule has 0 heterocycles. The normalized spacial score (nSPS) is 48.0. The van der Waals surface area contributed by atoms with Gasteiger partial charge in [0, 0.05) is 0 Å². The first-order chi connectivity index (χ1) is 14.2. The molecule has 4 rings (SSSR count). The minimum Gasteiger partial charge on any atom is -0.393 e. The van der Waals surface area contributed by atoms with E-state index < -0.39 is 0 Å². The lowest BCUT2D eigenvalue weighted by Crippen LogP contribution is -2.54. The highest BCUT2D eigenvalue weighted by Crippen LogP contribution is 2.68. The smallest absolute Gasteiger partial charge is 0.0543 e. The standard InChI is InChI=1S/C29H52O/c1-7-21(19(2)3)9-8-20(4)25-12-13-26-24-11-10-22-18-23(30)14-16-28(22,5)27(24)15-17-29(25,26)6/h19-27,30H,7-18H2,1-6H3/t20-,21-,22-,23-,24+,25-,26?,27?,28+,29-/m1/s1. The van der Waals surface area contributed by atoms with Crippen LogP contribution in [0.3, 0.4) is 0 Å². The van der Waals surface area contributed by atoms with Gasteiger partial charge >= 0.3 is 0 Å². The zero-order chi connectivity index (χ0) is 21.7. The number of aliphatic hydroxyl groups is 1. The molecule has 1 nitrogen and oxygen atoms in total. The summed E-state index contributed by atoms with van der Waals surface area (Å²) in [6.45, 7) is 15.2. The van der Waals surface area contributed by atoms with Crippen molar-refractivity contribution < 1.29 is 5.11 Å². The lowest BCUT2D eigenvalue weighted by atomic mass is 9.44. The molecule has 10 atom stereocenters. The van der Waals surface area contributed by atoms with Gasteiger partial charge in [-0.15, -0.1) is 0 Å². The Morgan fingerprint density at radius 1 is 0.833 bits per heavy atom. The Bertz CT molecular complexity index is 583. The summed E-state index contributed by atoms with van der Waals surface area (Å²) >= 11 is 0. The highest BCUT2D eigenvalue weighted by Gasteiger charge is 2.60. The minimum atomic E-state index is -0.0111. The summed E-state index contributed by atoms with van der Waals surface area (Å²) in [6, 6.07) is 0. The molecule has 0 spiro atoms. The zero-order valence-electron chi connectivity index (χ0n) is 21.1. The molecule has 2 unspecified atom stereocenters. The van der Waals surface area contributed by atoms with E-state index in [0.717, 1.165) is 60.2 Å². The Balaban J connectivity index is 1.45. The maximum atomic E-state index is 10.3. The molecule has 0 amide bonds. The van der Waals surface area contributed by atoms with Gasteiger partial charge in [-0.3, -0.25) is 0 Å². The van der Waals surface area contributed by atoms with Crippen LogP contribution in [0, 0.1) is 58.2 Å². The Kier molecular flexibility index (Phi) is 6.72. The van der Waals surface area contributed by atoms with E-state index in [1.54, 1.807) is 0 Å². The summed E-state index contributed by atoms with van der Waals surface area (Å²) < 4.78 is 0. The second-order valence-corrected chi connectivity index (χ2v) is 13.3. The monoisotopic (exact) mass is 416 g/mol. The number of hydrogen-bond donors (Lipinski definition) is 1. The molecular weight excluding hydrogens is 364 g/mol. The average Bonchev–Trinajstić information content (AvgIpc) is 3.06. The molecular formula is C29H52O. The quantitative estimate of drug-likeness (QED) is 0.463. The molecule has 0 radical (unpaired) electrons. The van der Waals surface area contributed by atoms with Crippen LogP contribution >= 0.6 is 0 Å². The third kappa shape index (κ3) is 3.82. The van der Waals surface area contributed by atoms with Gasteiger partial charge in [-0.1, -0.05) is 54.4 Å². The van der Waals surface area contributed by atoms with Gasteiger partial charge in [-0.05, 0) is 122 Å². The second-order valence-electron chi connectivity index (χ2n) is 13.3. The van der Waals surface area contributed by atoms with Crippen molar-refractivity contribution in [3.05, 3.63) is 0 Å². The van der Waals surface area contributed by atoms with E-state index >= 15 is 0 Å². The second kappa shape index (κ2) is 8.72. The van der Waals surface area contributed by atoms with Gasteiger partial charge < -0.3 is 5.11 Å². The Morgan fingerprint density at radius 3 is 2.23 bits per heavy atom. The van der Waals surface area contributed by atoms with Crippen molar-refractivity contribution in [2.24, 2.45) is 58.2 Å². The predicted molar refractivity (Wildman–Crippen MR) is 128 cm³/mol. The highest BCUT2D eigenvalue weighted by molar-refractivity contribution is 5.09. The van der Waals surface area contributed by atoms with Gasteiger partial charge in [0.2, 0.25) is 0 Å². The summed E-state index contributed by atoms with van der Waals surface area (Å²) in [5, 5.41) is 10.3. The van der Waals surface area contributed by atoms with Crippen LogP contribution < -0.4 is 0 Å². The molecule has 1 N–H and O–H groups in total. The van der Waals surface area contributed by atoms with Crippen molar-refractivity contribution in [2.45, 2.75) is 125 Å². The molecule has 0 aromatic rings. The molecule has 0 saturated heterocycles. The van der Waals surface area contributed by atoms with Crippen molar-refractivity contribution >= 4 is 0 Å². The van der Waals surface area contributed by atoms with Crippen LogP contribution in [0.25, 0.3) is 0 Å². The molecule has 1 heteroatoms. The van der Waals surface area contributed by atoms with Crippen molar-refractivity contribution in [3.8, 4) is 0 Å². The summed E-state index contributed by atoms with van der Waals surface area (Å²) in [4.78, 5) is 0. The molecule has 0 aromatic heterocycles. The van der Waals surface area contributed by atoms with Gasteiger partial charge in [0.1, 0.15) is 0 Å². The number of rotatable bonds is 6. The van der Waals surface area contributed by atoms with Crippen molar-refractivity contribution in [1.29, 1.82) is 0 Å². The van der Waals surface area contributed by atoms with E-state index in [9.17, 15) is 5.11 Å². The topological polar surface area (TPSA) is 20.2 Å². The fourth-order valence-electron chi connectivity index (χ4n) is 9.90. The summed E-state index contributed by atoms with van der Waals surface area (Å²) in [5.41, 5.74) is 1.14. The molecule has 0 aromatic carbocycles. The van der Waals surface area contributed by atoms with E-state index in [2.05, 4.69) is 41.5 Å². The summed E-state index contributed by atoms with van der Waals surface area (Å²) in [6.07, 6.45) is 16.5. The zero-order valence-corrected chi connectivity index (χ0v) is 21.1. The molecule has 30 heavy (non-hydrogen) atoms. The lowest BCUT2D eigenvalue weighted by Gasteiger charge is -2.61. The van der Waals surface area contributed by atoms with Crippen LogP contribution in [0.5, 0.6) is 0 Å². The van der Waals surface area contributed by atoms with Gasteiger partial charge in [-0.2, -0.15) is 0 Å². The first-order valence-corrected chi connectivity index (χ1v) is 13.9. The molecule has 0 bridgehead atoms. The Morgan fingerprint density at radius 2 is 1.53 bits per heavy atom. The number of hydrogen-bond acceptors (Lipinski definition) is 1. The summed E-state index contributed by atoms with van der Waals surface area (Å²) in [5.74, 6) is 7.34.